The highest BCUT2D eigenvalue weighted by molar-refractivity contribution is 5.82. The lowest BCUT2D eigenvalue weighted by atomic mass is 9.97. The molecule has 0 spiro atoms. The van der Waals surface area contributed by atoms with Crippen LogP contribution in [-0.2, 0) is 23.9 Å². The number of carbonyl (C=O) groups is 3. The van der Waals surface area contributed by atoms with Crippen LogP contribution in [0.15, 0.2) is 39.5 Å². The molecule has 2 aromatic rings. The minimum absolute atomic E-state index is 0.198. The number of nitrogens with zero attached hydrogens (tertiary/aromatic N) is 1. The monoisotopic (exact) mass is 417 g/mol. The topological polar surface area (TPSA) is 112 Å². The van der Waals surface area contributed by atoms with E-state index in [1.54, 1.807) is 30.0 Å². The van der Waals surface area contributed by atoms with E-state index in [1.807, 2.05) is 0 Å². The summed E-state index contributed by atoms with van der Waals surface area (Å²) in [6.07, 6.45) is 1.06. The average molecular weight is 417 g/mol. The lowest BCUT2D eigenvalue weighted by Gasteiger charge is -2.30. The summed E-state index contributed by atoms with van der Waals surface area (Å²) in [6.45, 7) is 2.15. The van der Waals surface area contributed by atoms with Gasteiger partial charge in [0.25, 0.3) is 5.91 Å². The Hall–Kier alpha value is -3.36. The molecule has 1 aromatic carbocycles. The summed E-state index contributed by atoms with van der Waals surface area (Å²) in [5, 5.41) is 0.724. The Balaban J connectivity index is 1.41. The molecule has 1 aliphatic heterocycles. The maximum Gasteiger partial charge on any atom is 0.344 e. The van der Waals surface area contributed by atoms with Crippen LogP contribution in [0.5, 0.6) is 5.75 Å². The van der Waals surface area contributed by atoms with E-state index in [9.17, 15) is 19.2 Å². The zero-order chi connectivity index (χ0) is 21.5. The highest BCUT2D eigenvalue weighted by Crippen LogP contribution is 2.20. The van der Waals surface area contributed by atoms with Gasteiger partial charge in [-0.1, -0.05) is 0 Å². The SMILES string of the molecule is CCOC(=O)C1CCN(C(=O)COC(=O)COc2ccc3ccc(=O)oc3c2)CC1. The Morgan fingerprint density at radius 2 is 1.80 bits per heavy atom. The van der Waals surface area contributed by atoms with Crippen molar-refractivity contribution in [2.45, 2.75) is 19.8 Å². The number of piperidine rings is 1. The van der Waals surface area contributed by atoms with Crippen molar-refractivity contribution < 1.29 is 33.0 Å². The molecule has 0 atom stereocenters. The van der Waals surface area contributed by atoms with Gasteiger partial charge in [0.1, 0.15) is 11.3 Å². The van der Waals surface area contributed by atoms with E-state index in [1.165, 1.54) is 12.1 Å². The van der Waals surface area contributed by atoms with Gasteiger partial charge in [0.2, 0.25) is 0 Å². The minimum atomic E-state index is -0.695. The first-order valence-electron chi connectivity index (χ1n) is 9.73. The number of esters is 2. The van der Waals surface area contributed by atoms with Crippen LogP contribution in [0.2, 0.25) is 0 Å². The van der Waals surface area contributed by atoms with Crippen molar-refractivity contribution in [2.24, 2.45) is 5.92 Å². The standard InChI is InChI=1S/C21H23NO8/c1-2-27-21(26)15-7-9-22(10-8-15)18(23)12-29-20(25)13-28-16-5-3-14-4-6-19(24)30-17(14)11-16/h3-6,11,15H,2,7-10,12-13H2,1H3. The van der Waals surface area contributed by atoms with Gasteiger partial charge >= 0.3 is 17.6 Å². The van der Waals surface area contributed by atoms with Crippen molar-refractivity contribution in [3.05, 3.63) is 40.8 Å². The van der Waals surface area contributed by atoms with Crippen molar-refractivity contribution in [1.29, 1.82) is 0 Å². The Kier molecular flexibility index (Phi) is 7.05. The highest BCUT2D eigenvalue weighted by atomic mass is 16.6. The third-order valence-corrected chi connectivity index (χ3v) is 4.78. The van der Waals surface area contributed by atoms with Crippen molar-refractivity contribution in [1.82, 2.24) is 4.90 Å². The smallest absolute Gasteiger partial charge is 0.344 e. The maximum absolute atomic E-state index is 12.2. The van der Waals surface area contributed by atoms with Gasteiger partial charge in [-0.2, -0.15) is 0 Å². The number of hydrogen-bond acceptors (Lipinski definition) is 8. The van der Waals surface area contributed by atoms with Gasteiger partial charge < -0.3 is 23.5 Å². The summed E-state index contributed by atoms with van der Waals surface area (Å²) in [7, 11) is 0. The second kappa shape index (κ2) is 9.91. The molecule has 1 saturated heterocycles. The van der Waals surface area contributed by atoms with Gasteiger partial charge in [0.05, 0.1) is 12.5 Å². The minimum Gasteiger partial charge on any atom is -0.482 e. The first-order valence-corrected chi connectivity index (χ1v) is 9.73. The molecule has 0 aliphatic carbocycles. The van der Waals surface area contributed by atoms with Crippen molar-refractivity contribution >= 4 is 28.8 Å². The number of fused-ring (bicyclic) bond motifs is 1. The Morgan fingerprint density at radius 1 is 1.07 bits per heavy atom. The Bertz CT molecular complexity index is 974. The lowest BCUT2D eigenvalue weighted by Crippen LogP contribution is -2.42. The maximum atomic E-state index is 12.2. The van der Waals surface area contributed by atoms with Crippen LogP contribution in [-0.4, -0.2) is 55.7 Å². The molecular weight excluding hydrogens is 394 g/mol. The van der Waals surface area contributed by atoms with E-state index in [-0.39, 0.29) is 24.4 Å². The number of benzene rings is 1. The fraction of sp³-hybridized carbons (Fsp3) is 0.429. The third-order valence-electron chi connectivity index (χ3n) is 4.78. The summed E-state index contributed by atoms with van der Waals surface area (Å²) in [6, 6.07) is 7.77. The van der Waals surface area contributed by atoms with Crippen LogP contribution in [0.4, 0.5) is 0 Å². The molecule has 0 N–H and O–H groups in total. The van der Waals surface area contributed by atoms with E-state index >= 15 is 0 Å². The zero-order valence-electron chi connectivity index (χ0n) is 16.6. The normalized spacial score (nSPS) is 14.4. The summed E-state index contributed by atoms with van der Waals surface area (Å²) >= 11 is 0. The number of carbonyl (C=O) groups excluding carboxylic acids is 3. The lowest BCUT2D eigenvalue weighted by molar-refractivity contribution is -0.155. The molecule has 2 heterocycles. The molecule has 0 bridgehead atoms. The molecule has 9 heteroatoms. The number of likely N-dealkylation sites (tertiary alicyclic amines) is 1. The van der Waals surface area contributed by atoms with Crippen LogP contribution in [0, 0.1) is 5.92 Å². The third kappa shape index (κ3) is 5.59. The summed E-state index contributed by atoms with van der Waals surface area (Å²) in [4.78, 5) is 48.7. The van der Waals surface area contributed by atoms with Crippen LogP contribution >= 0.6 is 0 Å². The van der Waals surface area contributed by atoms with Crippen molar-refractivity contribution in [3.63, 3.8) is 0 Å². The summed E-state index contributed by atoms with van der Waals surface area (Å²) < 4.78 is 20.4. The molecule has 1 aromatic heterocycles. The van der Waals surface area contributed by atoms with E-state index in [4.69, 9.17) is 18.6 Å². The van der Waals surface area contributed by atoms with Gasteiger partial charge in [-0.15, -0.1) is 0 Å². The number of rotatable bonds is 7. The van der Waals surface area contributed by atoms with Gasteiger partial charge in [-0.25, -0.2) is 9.59 Å². The van der Waals surface area contributed by atoms with Crippen LogP contribution in [0.3, 0.4) is 0 Å². The van der Waals surface area contributed by atoms with Gasteiger partial charge in [-0.05, 0) is 38.0 Å². The van der Waals surface area contributed by atoms with E-state index in [0.29, 0.717) is 43.9 Å². The Labute approximate surface area is 172 Å². The predicted octanol–water partition coefficient (Wildman–Crippen LogP) is 1.52. The fourth-order valence-corrected chi connectivity index (χ4v) is 3.17. The molecule has 1 aliphatic rings. The molecule has 0 saturated carbocycles. The van der Waals surface area contributed by atoms with Crippen LogP contribution in [0.25, 0.3) is 11.0 Å². The van der Waals surface area contributed by atoms with Crippen LogP contribution in [0.1, 0.15) is 19.8 Å². The number of ether oxygens (including phenoxy) is 3. The second-order valence-electron chi connectivity index (χ2n) is 6.81. The molecule has 160 valence electrons. The fourth-order valence-electron chi connectivity index (χ4n) is 3.17. The van der Waals surface area contributed by atoms with E-state index in [2.05, 4.69) is 0 Å². The second-order valence-corrected chi connectivity index (χ2v) is 6.81. The molecule has 0 unspecified atom stereocenters. The first-order chi connectivity index (χ1) is 14.5. The van der Waals surface area contributed by atoms with E-state index in [0.717, 1.165) is 5.39 Å². The number of hydrogen-bond donors (Lipinski definition) is 0. The molecule has 1 amide bonds. The van der Waals surface area contributed by atoms with Gasteiger partial charge in [-0.3, -0.25) is 9.59 Å². The quantitative estimate of drug-likeness (QED) is 0.492. The van der Waals surface area contributed by atoms with Crippen LogP contribution < -0.4 is 10.4 Å². The summed E-state index contributed by atoms with van der Waals surface area (Å²) in [5.41, 5.74) is -0.140. The van der Waals surface area contributed by atoms with E-state index < -0.39 is 18.2 Å². The predicted molar refractivity (Wildman–Crippen MR) is 105 cm³/mol. The van der Waals surface area contributed by atoms with Gasteiger partial charge in [0.15, 0.2) is 13.2 Å². The van der Waals surface area contributed by atoms with Crippen molar-refractivity contribution in [3.8, 4) is 5.75 Å². The van der Waals surface area contributed by atoms with Crippen molar-refractivity contribution in [2.75, 3.05) is 32.9 Å². The van der Waals surface area contributed by atoms with Gasteiger partial charge in [0, 0.05) is 30.6 Å². The zero-order valence-corrected chi connectivity index (χ0v) is 16.6. The molecular formula is C21H23NO8. The molecule has 0 radical (unpaired) electrons. The molecule has 30 heavy (non-hydrogen) atoms. The first kappa shape index (κ1) is 21.4. The molecule has 9 nitrogen and oxygen atoms in total. The molecule has 1 fully saturated rings. The summed E-state index contributed by atoms with van der Waals surface area (Å²) in [5.74, 6) is -1.11. The Morgan fingerprint density at radius 3 is 2.53 bits per heavy atom. The average Bonchev–Trinajstić information content (AvgIpc) is 2.76. The molecule has 3 rings (SSSR count). The number of amides is 1. The highest BCUT2D eigenvalue weighted by Gasteiger charge is 2.28. The largest absolute Gasteiger partial charge is 0.482 e.